The van der Waals surface area contributed by atoms with Crippen LogP contribution in [0.3, 0.4) is 0 Å². The Morgan fingerprint density at radius 3 is 2.77 bits per heavy atom. The smallest absolute Gasteiger partial charge is 0.163 e. The summed E-state index contributed by atoms with van der Waals surface area (Å²) in [6.07, 6.45) is 1.52. The standard InChI is InChI=1S/C14H15Cl2N3O2S/c1-8-7-18(3-4-22(8)21)14-10(9(2)20)5-11(15)13-12(16)6-17-19(13)14/h5-6,8H,3-4,7H2,1-2H3. The lowest BCUT2D eigenvalue weighted by Gasteiger charge is -2.33. The van der Waals surface area contributed by atoms with Crippen LogP contribution >= 0.6 is 23.2 Å². The molecule has 2 atom stereocenters. The van der Waals surface area contributed by atoms with Gasteiger partial charge in [0.1, 0.15) is 11.3 Å². The Kier molecular flexibility index (Phi) is 4.18. The summed E-state index contributed by atoms with van der Waals surface area (Å²) < 4.78 is 13.5. The molecule has 8 heteroatoms. The molecule has 2 aromatic heterocycles. The molecule has 1 aliphatic rings. The van der Waals surface area contributed by atoms with E-state index >= 15 is 0 Å². The number of pyridine rings is 1. The molecule has 1 aliphatic heterocycles. The van der Waals surface area contributed by atoms with Crippen LogP contribution in [0.25, 0.3) is 5.52 Å². The molecule has 3 rings (SSSR count). The third-order valence-electron chi connectivity index (χ3n) is 3.83. The van der Waals surface area contributed by atoms with Gasteiger partial charge in [0, 0.05) is 34.9 Å². The maximum absolute atomic E-state index is 12.0. The van der Waals surface area contributed by atoms with Crippen molar-refractivity contribution in [3.63, 3.8) is 0 Å². The van der Waals surface area contributed by atoms with Gasteiger partial charge in [-0.05, 0) is 19.9 Å². The van der Waals surface area contributed by atoms with Crippen LogP contribution in [0.1, 0.15) is 24.2 Å². The molecule has 0 bridgehead atoms. The van der Waals surface area contributed by atoms with E-state index in [0.717, 1.165) is 0 Å². The molecule has 0 aliphatic carbocycles. The first-order valence-corrected chi connectivity index (χ1v) is 9.02. The molecule has 0 spiro atoms. The molecule has 118 valence electrons. The number of hydrogen-bond donors (Lipinski definition) is 0. The maximum atomic E-state index is 12.0. The van der Waals surface area contributed by atoms with Crippen LogP contribution in [0.2, 0.25) is 10.0 Å². The summed E-state index contributed by atoms with van der Waals surface area (Å²) in [5.74, 6) is 1.14. The zero-order valence-electron chi connectivity index (χ0n) is 12.2. The fourth-order valence-corrected chi connectivity index (χ4v) is 4.43. The Morgan fingerprint density at radius 2 is 2.14 bits per heavy atom. The van der Waals surface area contributed by atoms with Gasteiger partial charge in [-0.3, -0.25) is 9.00 Å². The second-order valence-electron chi connectivity index (χ2n) is 5.38. The molecule has 2 aromatic rings. The van der Waals surface area contributed by atoms with E-state index in [2.05, 4.69) is 5.10 Å². The van der Waals surface area contributed by atoms with E-state index in [-0.39, 0.29) is 11.0 Å². The average Bonchev–Trinajstić information content (AvgIpc) is 2.84. The molecule has 0 N–H and O–H groups in total. The van der Waals surface area contributed by atoms with Gasteiger partial charge >= 0.3 is 0 Å². The lowest BCUT2D eigenvalue weighted by atomic mass is 10.1. The number of carbonyl (C=O) groups is 1. The van der Waals surface area contributed by atoms with Gasteiger partial charge in [-0.2, -0.15) is 5.10 Å². The van der Waals surface area contributed by atoms with Crippen molar-refractivity contribution in [2.24, 2.45) is 0 Å². The number of aromatic nitrogens is 2. The Balaban J connectivity index is 2.22. The fraction of sp³-hybridized carbons (Fsp3) is 0.429. The predicted molar refractivity (Wildman–Crippen MR) is 89.9 cm³/mol. The number of Topliss-reactive ketones (excluding diaryl/α,β-unsaturated/α-hetero) is 1. The van der Waals surface area contributed by atoms with Crippen LogP contribution in [0.5, 0.6) is 0 Å². The SMILES string of the molecule is CC(=O)c1cc(Cl)c2c(Cl)cnn2c1N1CCS(=O)C(C)C1. The van der Waals surface area contributed by atoms with Gasteiger partial charge in [-0.15, -0.1) is 0 Å². The Bertz CT molecular complexity index is 790. The number of ketones is 1. The molecule has 5 nitrogen and oxygen atoms in total. The van der Waals surface area contributed by atoms with Gasteiger partial charge in [0.15, 0.2) is 5.78 Å². The Hall–Kier alpha value is -1.11. The van der Waals surface area contributed by atoms with E-state index in [1.54, 1.807) is 10.6 Å². The largest absolute Gasteiger partial charge is 0.354 e. The zero-order valence-corrected chi connectivity index (χ0v) is 14.5. The quantitative estimate of drug-likeness (QED) is 0.773. The summed E-state index contributed by atoms with van der Waals surface area (Å²) in [4.78, 5) is 14.1. The van der Waals surface area contributed by atoms with Crippen molar-refractivity contribution in [1.29, 1.82) is 0 Å². The highest BCUT2D eigenvalue weighted by Crippen LogP contribution is 2.33. The second kappa shape index (κ2) is 5.83. The van der Waals surface area contributed by atoms with Crippen LogP contribution in [0, 0.1) is 0 Å². The van der Waals surface area contributed by atoms with Gasteiger partial charge < -0.3 is 4.90 Å². The summed E-state index contributed by atoms with van der Waals surface area (Å²) in [7, 11) is -0.838. The van der Waals surface area contributed by atoms with Crippen molar-refractivity contribution in [3.8, 4) is 0 Å². The van der Waals surface area contributed by atoms with E-state index in [1.165, 1.54) is 13.1 Å². The van der Waals surface area contributed by atoms with Crippen LogP contribution in [-0.2, 0) is 10.8 Å². The predicted octanol–water partition coefficient (Wildman–Crippen LogP) is 2.80. The summed E-state index contributed by atoms with van der Waals surface area (Å²) >= 11 is 12.4. The minimum absolute atomic E-state index is 0.0327. The van der Waals surface area contributed by atoms with Gasteiger partial charge in [-0.1, -0.05) is 23.2 Å². The highest BCUT2D eigenvalue weighted by molar-refractivity contribution is 7.85. The molecule has 0 amide bonds. The second-order valence-corrected chi connectivity index (χ2v) is 8.17. The van der Waals surface area contributed by atoms with Crippen molar-refractivity contribution < 1.29 is 9.00 Å². The van der Waals surface area contributed by atoms with Crippen molar-refractivity contribution >= 4 is 51.1 Å². The average molecular weight is 360 g/mol. The van der Waals surface area contributed by atoms with Gasteiger partial charge in [0.2, 0.25) is 0 Å². The highest BCUT2D eigenvalue weighted by Gasteiger charge is 2.28. The van der Waals surface area contributed by atoms with E-state index in [1.807, 2.05) is 11.8 Å². The van der Waals surface area contributed by atoms with Crippen molar-refractivity contribution in [2.75, 3.05) is 23.7 Å². The first-order valence-electron chi connectivity index (χ1n) is 6.89. The lowest BCUT2D eigenvalue weighted by Crippen LogP contribution is -2.44. The summed E-state index contributed by atoms with van der Waals surface area (Å²) in [6.45, 7) is 4.64. The van der Waals surface area contributed by atoms with Gasteiger partial charge in [0.25, 0.3) is 0 Å². The lowest BCUT2D eigenvalue weighted by molar-refractivity contribution is 0.101. The molecule has 1 saturated heterocycles. The van der Waals surface area contributed by atoms with Gasteiger partial charge in [-0.25, -0.2) is 4.52 Å². The van der Waals surface area contributed by atoms with E-state index in [9.17, 15) is 9.00 Å². The van der Waals surface area contributed by atoms with E-state index in [4.69, 9.17) is 23.2 Å². The number of anilines is 1. The number of nitrogens with zero attached hydrogens (tertiary/aromatic N) is 3. The number of halogens is 2. The van der Waals surface area contributed by atoms with Crippen molar-refractivity contribution in [2.45, 2.75) is 19.1 Å². The Labute approximate surface area is 140 Å². The molecule has 0 aromatic carbocycles. The number of carbonyl (C=O) groups excluding carboxylic acids is 1. The van der Waals surface area contributed by atoms with Crippen LogP contribution < -0.4 is 4.90 Å². The summed E-state index contributed by atoms with van der Waals surface area (Å²) in [6, 6.07) is 1.64. The fourth-order valence-electron chi connectivity index (χ4n) is 2.72. The third-order valence-corrected chi connectivity index (χ3v) is 6.03. The maximum Gasteiger partial charge on any atom is 0.163 e. The molecule has 0 saturated carbocycles. The number of fused-ring (bicyclic) bond motifs is 1. The highest BCUT2D eigenvalue weighted by atomic mass is 35.5. The summed E-state index contributed by atoms with van der Waals surface area (Å²) in [5, 5.41) is 5.14. The molecular weight excluding hydrogens is 345 g/mol. The molecule has 0 radical (unpaired) electrons. The minimum Gasteiger partial charge on any atom is -0.354 e. The molecule has 22 heavy (non-hydrogen) atoms. The summed E-state index contributed by atoms with van der Waals surface area (Å²) in [5.41, 5.74) is 1.08. The van der Waals surface area contributed by atoms with Crippen LogP contribution in [0.15, 0.2) is 12.3 Å². The monoisotopic (exact) mass is 359 g/mol. The molecule has 1 fully saturated rings. The van der Waals surface area contributed by atoms with Crippen LogP contribution in [-0.4, -0.2) is 43.7 Å². The number of rotatable bonds is 2. The van der Waals surface area contributed by atoms with Gasteiger partial charge in [0.05, 0.1) is 21.8 Å². The normalized spacial score (nSPS) is 22.3. The zero-order chi connectivity index (χ0) is 16.0. The third kappa shape index (κ3) is 2.53. The van der Waals surface area contributed by atoms with Crippen molar-refractivity contribution in [3.05, 3.63) is 27.9 Å². The first kappa shape index (κ1) is 15.8. The van der Waals surface area contributed by atoms with Crippen LogP contribution in [0.4, 0.5) is 5.82 Å². The number of hydrogen-bond acceptors (Lipinski definition) is 4. The van der Waals surface area contributed by atoms with E-state index in [0.29, 0.717) is 45.8 Å². The topological polar surface area (TPSA) is 54.7 Å². The Morgan fingerprint density at radius 1 is 1.41 bits per heavy atom. The first-order chi connectivity index (χ1) is 10.4. The molecule has 3 heterocycles. The van der Waals surface area contributed by atoms with E-state index < -0.39 is 10.8 Å². The van der Waals surface area contributed by atoms with Crippen molar-refractivity contribution in [1.82, 2.24) is 9.61 Å². The molecular formula is C14H15Cl2N3O2S. The minimum atomic E-state index is -0.838. The molecule has 2 unspecified atom stereocenters.